The third-order valence-electron chi connectivity index (χ3n) is 12.8. The Hall–Kier alpha value is -8.57. The lowest BCUT2D eigenvalue weighted by Crippen LogP contribution is -2.81. The highest BCUT2D eigenvalue weighted by Crippen LogP contribution is 2.39. The molecule has 0 spiro atoms. The molecule has 0 N–H and O–H groups in total. The van der Waals surface area contributed by atoms with E-state index in [2.05, 4.69) is 59.6 Å². The average molecular weight is 1080 g/mol. The summed E-state index contributed by atoms with van der Waals surface area (Å²) in [4.78, 5) is 17.3. The van der Waals surface area contributed by atoms with Crippen LogP contribution in [0.4, 0.5) is 87.8 Å². The summed E-state index contributed by atoms with van der Waals surface area (Å²) < 4.78 is 296. The van der Waals surface area contributed by atoms with E-state index in [1.165, 1.54) is 32.3 Å². The minimum atomic E-state index is -7.22. The number of carbonyl (C=O) groups is 1. The average Bonchev–Trinajstić information content (AvgIpc) is 3.43. The number of hydrogen-bond donors (Lipinski definition) is 0. The highest BCUT2D eigenvalue weighted by atomic mass is 19.2. The van der Waals surface area contributed by atoms with Crippen molar-refractivity contribution in [2.45, 2.75) is 6.54 Å². The van der Waals surface area contributed by atoms with Crippen molar-refractivity contribution < 1.29 is 97.2 Å². The van der Waals surface area contributed by atoms with Crippen molar-refractivity contribution in [3.8, 4) is 11.3 Å². The van der Waals surface area contributed by atoms with Crippen molar-refractivity contribution >= 4 is 66.1 Å². The molecule has 386 valence electrons. The van der Waals surface area contributed by atoms with Crippen molar-refractivity contribution in [2.75, 3.05) is 0 Å². The van der Waals surface area contributed by atoms with E-state index in [1.807, 2.05) is 47.3 Å². The molecule has 24 heteroatoms. The fraction of sp³-hybridized carbons (Fsp3) is 0.0192. The van der Waals surface area contributed by atoms with Crippen LogP contribution in [0, 0.1) is 116 Å². The first kappa shape index (κ1) is 52.3. The first-order chi connectivity index (χ1) is 36.0. The molecule has 76 heavy (non-hydrogen) atoms. The lowest BCUT2D eigenvalue weighted by Gasteiger charge is -2.44. The molecule has 1 heterocycles. The minimum Gasteiger partial charge on any atom is -0.287 e. The number of halogens is 20. The van der Waals surface area contributed by atoms with Crippen molar-refractivity contribution in [1.82, 2.24) is 4.98 Å². The van der Waals surface area contributed by atoms with Crippen LogP contribution in [0.2, 0.25) is 0 Å². The van der Waals surface area contributed by atoms with Crippen molar-refractivity contribution in [2.24, 2.45) is 0 Å². The molecule has 0 amide bonds. The summed E-state index contributed by atoms with van der Waals surface area (Å²) in [6, 6.07) is 28.9. The molecule has 1 aromatic heterocycles. The Balaban J connectivity index is 0.000000197. The van der Waals surface area contributed by atoms with Crippen LogP contribution in [0.1, 0.15) is 10.4 Å². The number of hydrogen-bond acceptors (Lipinski definition) is 2. The van der Waals surface area contributed by atoms with E-state index >= 15 is 35.1 Å². The molecule has 0 saturated heterocycles. The predicted molar refractivity (Wildman–Crippen MR) is 234 cm³/mol. The second kappa shape index (κ2) is 19.3. The molecule has 0 unspecified atom stereocenters. The summed E-state index contributed by atoms with van der Waals surface area (Å²) in [5.41, 5.74) is -11.6. The number of aromatic nitrogens is 2. The number of ketones is 1. The smallest absolute Gasteiger partial charge is 0.232 e. The first-order valence-corrected chi connectivity index (χ1v) is 21.3. The Labute approximate surface area is 410 Å². The number of Topliss-reactive ketones (excluding diaryl/α,β-unsaturated/α-hetero) is 1. The standard InChI is InChI=1S/C28H19N2O.C24BF20/c31-26(19-5-2-1-3-6-19)18-30-16-15-29-17-25(30)23-13-11-22-10-9-20-7-4-8-21-12-14-24(23)28(22)27(20)21;26-5-1(6(27)14(35)21(42)13(5)34)25(2-7(28)15(36)22(43)16(37)8(2)29,3-9(30)17(38)23(44)18(39)10(3)31)4-11(32)19(40)24(45)20(41)12(4)33/h1-17H,18H2;/q+1;-1. The topological polar surface area (TPSA) is 33.8 Å². The molecule has 10 rings (SSSR count). The Kier molecular flexibility index (Phi) is 13.3. The monoisotopic (exact) mass is 1080 g/mol. The summed E-state index contributed by atoms with van der Waals surface area (Å²) in [6.07, 6.45) is -1.75. The van der Waals surface area contributed by atoms with E-state index in [-0.39, 0.29) is 12.3 Å². The van der Waals surface area contributed by atoms with Crippen LogP contribution < -0.4 is 26.4 Å². The molecule has 0 saturated carbocycles. The SMILES string of the molecule is Fc1c(F)c(F)c([B-](c2c(F)c(F)c(F)c(F)c2F)(c2c(F)c(F)c(F)c(F)c2F)c2c(F)c(F)c(F)c(F)c2F)c(F)c1F.O=C(C[n+]1ccncc1-c1ccc2ccc3cccc4ccc1c2c34)c1ccccc1. The minimum absolute atomic E-state index is 0.0794. The Morgan fingerprint density at radius 2 is 0.724 bits per heavy atom. The zero-order chi connectivity index (χ0) is 55.1. The lowest BCUT2D eigenvalue weighted by atomic mass is 9.12. The Bertz CT molecular complexity index is 3670. The molecular weight excluding hydrogens is 1060 g/mol. The van der Waals surface area contributed by atoms with E-state index in [0.29, 0.717) is 5.56 Å². The van der Waals surface area contributed by atoms with Crippen LogP contribution in [-0.4, -0.2) is 16.9 Å². The van der Waals surface area contributed by atoms with Gasteiger partial charge in [0.2, 0.25) is 18.0 Å². The summed E-state index contributed by atoms with van der Waals surface area (Å²) in [7, 11) is 0. The zero-order valence-corrected chi connectivity index (χ0v) is 37.0. The Morgan fingerprint density at radius 1 is 0.382 bits per heavy atom. The highest BCUT2D eigenvalue weighted by Gasteiger charge is 2.52. The van der Waals surface area contributed by atoms with Gasteiger partial charge in [0, 0.05) is 5.56 Å². The van der Waals surface area contributed by atoms with E-state index in [9.17, 15) is 57.5 Å². The van der Waals surface area contributed by atoms with Gasteiger partial charge in [0.25, 0.3) is 0 Å². The van der Waals surface area contributed by atoms with Gasteiger partial charge in [-0.2, -0.15) is 4.57 Å². The molecule has 0 bridgehead atoms. The van der Waals surface area contributed by atoms with Crippen molar-refractivity contribution in [3.63, 3.8) is 0 Å². The van der Waals surface area contributed by atoms with E-state index < -0.39 is 144 Å². The summed E-state index contributed by atoms with van der Waals surface area (Å²) in [6.45, 7) is 0.268. The summed E-state index contributed by atoms with van der Waals surface area (Å²) >= 11 is 0. The maximum atomic E-state index is 15.4. The van der Waals surface area contributed by atoms with Crippen LogP contribution in [-0.2, 0) is 6.54 Å². The van der Waals surface area contributed by atoms with E-state index in [4.69, 9.17) is 0 Å². The van der Waals surface area contributed by atoms with Gasteiger partial charge in [-0.3, -0.25) is 9.78 Å². The van der Waals surface area contributed by atoms with Crippen molar-refractivity contribution in [3.05, 3.63) is 225 Å². The maximum Gasteiger partial charge on any atom is 0.232 e. The van der Waals surface area contributed by atoms with Crippen LogP contribution >= 0.6 is 0 Å². The molecule has 0 radical (unpaired) electrons. The summed E-state index contributed by atoms with van der Waals surface area (Å²) in [5, 5.41) is 7.43. The quantitative estimate of drug-likeness (QED) is 0.0289. The molecule has 0 aliphatic heterocycles. The zero-order valence-electron chi connectivity index (χ0n) is 37.0. The normalized spacial score (nSPS) is 11.8. The second-order valence-corrected chi connectivity index (χ2v) is 16.6. The molecule has 9 aromatic carbocycles. The fourth-order valence-electron chi connectivity index (χ4n) is 9.45. The number of benzene rings is 9. The molecule has 0 aliphatic carbocycles. The third kappa shape index (κ3) is 7.73. The molecule has 3 nitrogen and oxygen atoms in total. The highest BCUT2D eigenvalue weighted by molar-refractivity contribution is 7.20. The largest absolute Gasteiger partial charge is 0.287 e. The van der Waals surface area contributed by atoms with Crippen LogP contribution in [0.25, 0.3) is 43.6 Å². The molecule has 0 fully saturated rings. The fourth-order valence-corrected chi connectivity index (χ4v) is 9.45. The van der Waals surface area contributed by atoms with Gasteiger partial charge < -0.3 is 0 Å². The van der Waals surface area contributed by atoms with Gasteiger partial charge in [0.05, 0.1) is 18.0 Å². The molecule has 0 atom stereocenters. The van der Waals surface area contributed by atoms with E-state index in [0.717, 1.165) is 11.3 Å². The molecule has 0 aliphatic rings. The number of carbonyl (C=O) groups excluding carboxylic acids is 1. The second-order valence-electron chi connectivity index (χ2n) is 16.6. The van der Waals surface area contributed by atoms with Crippen LogP contribution in [0.3, 0.4) is 0 Å². The van der Waals surface area contributed by atoms with Gasteiger partial charge in [-0.1, -0.05) is 78.9 Å². The summed E-state index contributed by atoms with van der Waals surface area (Å²) in [5.74, 6) is -71.3. The van der Waals surface area contributed by atoms with Gasteiger partial charge in [-0.15, -0.1) is 21.9 Å². The van der Waals surface area contributed by atoms with Gasteiger partial charge >= 0.3 is 0 Å². The van der Waals surface area contributed by atoms with Crippen LogP contribution in [0.15, 0.2) is 104 Å². The van der Waals surface area contributed by atoms with Crippen LogP contribution in [0.5, 0.6) is 0 Å². The maximum absolute atomic E-state index is 15.4. The van der Waals surface area contributed by atoms with Crippen molar-refractivity contribution in [1.29, 1.82) is 0 Å². The van der Waals surface area contributed by atoms with E-state index in [1.54, 1.807) is 6.20 Å². The number of nitrogens with zero attached hydrogens (tertiary/aromatic N) is 2. The first-order valence-electron chi connectivity index (χ1n) is 21.3. The van der Waals surface area contributed by atoms with Gasteiger partial charge in [0.1, 0.15) is 52.7 Å². The van der Waals surface area contributed by atoms with Gasteiger partial charge in [-0.25, -0.2) is 87.8 Å². The number of rotatable bonds is 8. The Morgan fingerprint density at radius 3 is 1.12 bits per heavy atom. The van der Waals surface area contributed by atoms with Gasteiger partial charge in [-0.05, 0) is 38.4 Å². The lowest BCUT2D eigenvalue weighted by molar-refractivity contribution is -0.672. The molecule has 10 aromatic rings. The third-order valence-corrected chi connectivity index (χ3v) is 12.8. The molecular formula is C52H19BF20N2O. The predicted octanol–water partition coefficient (Wildman–Crippen LogP) is 11.7. The van der Waals surface area contributed by atoms with Gasteiger partial charge in [0.15, 0.2) is 76.0 Å².